The van der Waals surface area contributed by atoms with E-state index in [0.29, 0.717) is 12.8 Å². The largest absolute Gasteiger partial charge is 0.481 e. The fourth-order valence-corrected chi connectivity index (χ4v) is 4.90. The van der Waals surface area contributed by atoms with Crippen LogP contribution in [0.3, 0.4) is 0 Å². The van der Waals surface area contributed by atoms with Gasteiger partial charge in [0.25, 0.3) is 0 Å². The van der Waals surface area contributed by atoms with Crippen LogP contribution in [-0.4, -0.2) is 80.5 Å². The topological polar surface area (TPSA) is 195 Å². The summed E-state index contributed by atoms with van der Waals surface area (Å²) in [4.78, 5) is 66.8. The summed E-state index contributed by atoms with van der Waals surface area (Å²) in [6.07, 6.45) is 2.45. The van der Waals surface area contributed by atoms with Crippen LogP contribution in [0, 0.1) is 5.92 Å². The Morgan fingerprint density at radius 3 is 2.49 bits per heavy atom. The number of rotatable bonds is 13. The molecule has 3 amide bonds. The minimum atomic E-state index is -1.21. The number of para-hydroxylation sites is 1. The number of aromatic nitrogens is 1. The summed E-state index contributed by atoms with van der Waals surface area (Å²) >= 11 is 0. The standard InChI is InChI=1S/C27H37N5O7/c1-15(2)12-21(27(38)39)31-25(36)22-8-5-11-32(22)26(37)20(9-10-23(33)34)30-24(35)18(28)13-16-14-29-19-7-4-3-6-17(16)19/h3-4,6-7,14-15,18,20-22,29H,5,8-13,28H2,1-2H3,(H,30,35)(H,31,36)(H,33,34)(H,38,39). The quantitative estimate of drug-likeness (QED) is 0.215. The first-order chi connectivity index (χ1) is 18.5. The highest BCUT2D eigenvalue weighted by Crippen LogP contribution is 2.21. The molecule has 12 nitrogen and oxygen atoms in total. The Balaban J connectivity index is 1.71. The maximum Gasteiger partial charge on any atom is 0.326 e. The molecular formula is C27H37N5O7. The van der Waals surface area contributed by atoms with Crippen LogP contribution in [0.1, 0.15) is 51.5 Å². The molecule has 2 heterocycles. The van der Waals surface area contributed by atoms with E-state index in [1.54, 1.807) is 6.20 Å². The van der Waals surface area contributed by atoms with Gasteiger partial charge in [0.15, 0.2) is 0 Å². The highest BCUT2D eigenvalue weighted by atomic mass is 16.4. The fourth-order valence-electron chi connectivity index (χ4n) is 4.90. The van der Waals surface area contributed by atoms with Crippen LogP contribution in [0.15, 0.2) is 30.5 Å². The third-order valence-electron chi connectivity index (χ3n) is 6.87. The summed E-state index contributed by atoms with van der Waals surface area (Å²) in [6, 6.07) is 3.32. The van der Waals surface area contributed by atoms with Gasteiger partial charge in [-0.2, -0.15) is 0 Å². The van der Waals surface area contributed by atoms with Gasteiger partial charge in [-0.3, -0.25) is 19.2 Å². The van der Waals surface area contributed by atoms with E-state index in [4.69, 9.17) is 5.73 Å². The number of aliphatic carboxylic acids is 2. The molecule has 4 atom stereocenters. The molecule has 4 unspecified atom stereocenters. The second kappa shape index (κ2) is 13.2. The van der Waals surface area contributed by atoms with Crippen LogP contribution in [-0.2, 0) is 30.4 Å². The Hall–Kier alpha value is -3.93. The van der Waals surface area contributed by atoms with Crippen molar-refractivity contribution < 1.29 is 34.2 Å². The molecule has 1 aliphatic rings. The summed E-state index contributed by atoms with van der Waals surface area (Å²) in [6.45, 7) is 3.90. The maximum absolute atomic E-state index is 13.5. The number of aromatic amines is 1. The zero-order valence-electron chi connectivity index (χ0n) is 22.2. The third-order valence-corrected chi connectivity index (χ3v) is 6.87. The number of hydrogen-bond acceptors (Lipinski definition) is 6. The Bertz CT molecular complexity index is 1210. The Labute approximate surface area is 226 Å². The lowest BCUT2D eigenvalue weighted by Gasteiger charge is -2.30. The van der Waals surface area contributed by atoms with Gasteiger partial charge in [0, 0.05) is 30.1 Å². The Morgan fingerprint density at radius 2 is 1.82 bits per heavy atom. The van der Waals surface area contributed by atoms with Crippen LogP contribution in [0.25, 0.3) is 10.9 Å². The van der Waals surface area contributed by atoms with E-state index < -0.39 is 53.8 Å². The third kappa shape index (κ3) is 7.79. The molecule has 0 radical (unpaired) electrons. The predicted octanol–water partition coefficient (Wildman–Crippen LogP) is 0.994. The van der Waals surface area contributed by atoms with Crippen molar-refractivity contribution in [1.29, 1.82) is 0 Å². The lowest BCUT2D eigenvalue weighted by Crippen LogP contribution is -2.57. The van der Waals surface area contributed by atoms with E-state index in [1.807, 2.05) is 38.1 Å². The molecular weight excluding hydrogens is 506 g/mol. The van der Waals surface area contributed by atoms with Gasteiger partial charge in [-0.15, -0.1) is 0 Å². The van der Waals surface area contributed by atoms with E-state index in [0.717, 1.165) is 16.5 Å². The fraction of sp³-hybridized carbons (Fsp3) is 0.519. The molecule has 7 N–H and O–H groups in total. The number of benzene rings is 1. The molecule has 1 aromatic heterocycles. The van der Waals surface area contributed by atoms with Crippen LogP contribution in [0.2, 0.25) is 0 Å². The number of H-pyrrole nitrogens is 1. The lowest BCUT2D eigenvalue weighted by atomic mass is 10.0. The molecule has 12 heteroatoms. The number of amides is 3. The van der Waals surface area contributed by atoms with Gasteiger partial charge in [0.05, 0.1) is 6.04 Å². The SMILES string of the molecule is CC(C)CC(NC(=O)C1CCCN1C(=O)C(CCC(=O)O)NC(=O)C(N)Cc1c[nH]c2ccccc12)C(=O)O. The van der Waals surface area contributed by atoms with Crippen molar-refractivity contribution in [3.8, 4) is 0 Å². The van der Waals surface area contributed by atoms with Crippen molar-refractivity contribution >= 4 is 40.6 Å². The number of carboxylic acids is 2. The molecule has 39 heavy (non-hydrogen) atoms. The summed E-state index contributed by atoms with van der Waals surface area (Å²) in [7, 11) is 0. The second-order valence-corrected chi connectivity index (χ2v) is 10.4. The number of carbonyl (C=O) groups is 5. The summed E-state index contributed by atoms with van der Waals surface area (Å²) in [5.41, 5.74) is 7.89. The molecule has 1 saturated heterocycles. The maximum atomic E-state index is 13.5. The number of hydrogen-bond donors (Lipinski definition) is 6. The molecule has 1 fully saturated rings. The number of nitrogens with zero attached hydrogens (tertiary/aromatic N) is 1. The van der Waals surface area contributed by atoms with E-state index in [2.05, 4.69) is 15.6 Å². The average Bonchev–Trinajstić information content (AvgIpc) is 3.53. The van der Waals surface area contributed by atoms with Crippen molar-refractivity contribution in [1.82, 2.24) is 20.5 Å². The highest BCUT2D eigenvalue weighted by molar-refractivity contribution is 5.95. The smallest absolute Gasteiger partial charge is 0.326 e. The van der Waals surface area contributed by atoms with Crippen molar-refractivity contribution in [3.63, 3.8) is 0 Å². The normalized spacial score (nSPS) is 17.5. The summed E-state index contributed by atoms with van der Waals surface area (Å²) < 4.78 is 0. The van der Waals surface area contributed by atoms with E-state index in [1.165, 1.54) is 4.90 Å². The summed E-state index contributed by atoms with van der Waals surface area (Å²) in [5.74, 6) is -4.09. The number of nitrogens with one attached hydrogen (secondary N) is 3. The van der Waals surface area contributed by atoms with Crippen LogP contribution >= 0.6 is 0 Å². The second-order valence-electron chi connectivity index (χ2n) is 10.4. The van der Waals surface area contributed by atoms with Crippen molar-refractivity contribution in [2.24, 2.45) is 11.7 Å². The first kappa shape index (κ1) is 29.6. The molecule has 0 spiro atoms. The zero-order chi connectivity index (χ0) is 28.7. The molecule has 1 aromatic carbocycles. The first-order valence-corrected chi connectivity index (χ1v) is 13.1. The van der Waals surface area contributed by atoms with E-state index >= 15 is 0 Å². The van der Waals surface area contributed by atoms with Gasteiger partial charge in [0.2, 0.25) is 17.7 Å². The van der Waals surface area contributed by atoms with Gasteiger partial charge in [-0.25, -0.2) is 4.79 Å². The molecule has 0 bridgehead atoms. The number of likely N-dealkylation sites (tertiary alicyclic amines) is 1. The van der Waals surface area contributed by atoms with Gasteiger partial charge < -0.3 is 36.5 Å². The first-order valence-electron chi connectivity index (χ1n) is 13.1. The van der Waals surface area contributed by atoms with Crippen molar-refractivity contribution in [2.45, 2.75) is 76.5 Å². The highest BCUT2D eigenvalue weighted by Gasteiger charge is 2.39. The molecule has 212 valence electrons. The number of carbonyl (C=O) groups excluding carboxylic acids is 3. The molecule has 2 aromatic rings. The minimum Gasteiger partial charge on any atom is -0.481 e. The van der Waals surface area contributed by atoms with Gasteiger partial charge in [0.1, 0.15) is 18.1 Å². The van der Waals surface area contributed by atoms with Crippen molar-refractivity contribution in [2.75, 3.05) is 6.54 Å². The zero-order valence-corrected chi connectivity index (χ0v) is 22.2. The van der Waals surface area contributed by atoms with Crippen LogP contribution in [0.5, 0.6) is 0 Å². The number of fused-ring (bicyclic) bond motifs is 1. The Kier molecular flexibility index (Phi) is 10.0. The number of carboxylic acid groups (broad SMARTS) is 2. The molecule has 3 rings (SSSR count). The van der Waals surface area contributed by atoms with E-state index in [-0.39, 0.29) is 38.1 Å². The average molecular weight is 544 g/mol. The number of nitrogens with two attached hydrogens (primary N) is 1. The minimum absolute atomic E-state index is 0.0248. The summed E-state index contributed by atoms with van der Waals surface area (Å²) in [5, 5.41) is 24.7. The van der Waals surface area contributed by atoms with Gasteiger partial charge in [-0.05, 0) is 49.7 Å². The van der Waals surface area contributed by atoms with Gasteiger partial charge in [-0.1, -0.05) is 32.0 Å². The molecule has 0 aliphatic carbocycles. The van der Waals surface area contributed by atoms with Crippen LogP contribution < -0.4 is 16.4 Å². The van der Waals surface area contributed by atoms with E-state index in [9.17, 15) is 34.2 Å². The molecule has 0 saturated carbocycles. The monoisotopic (exact) mass is 543 g/mol. The lowest BCUT2D eigenvalue weighted by molar-refractivity contribution is -0.145. The van der Waals surface area contributed by atoms with Crippen molar-refractivity contribution in [3.05, 3.63) is 36.0 Å². The molecule has 1 aliphatic heterocycles. The van der Waals surface area contributed by atoms with Crippen LogP contribution in [0.4, 0.5) is 0 Å². The van der Waals surface area contributed by atoms with Gasteiger partial charge >= 0.3 is 11.9 Å². The Morgan fingerprint density at radius 1 is 1.10 bits per heavy atom. The predicted molar refractivity (Wildman–Crippen MR) is 143 cm³/mol.